The first-order chi connectivity index (χ1) is 7.18. The predicted molar refractivity (Wildman–Crippen MR) is 60.6 cm³/mol. The zero-order chi connectivity index (χ0) is 10.8. The van der Waals surface area contributed by atoms with Crippen LogP contribution in [0.15, 0.2) is 0 Å². The van der Waals surface area contributed by atoms with Crippen LogP contribution in [-0.2, 0) is 4.79 Å². The molecule has 86 valence electrons. The third kappa shape index (κ3) is 2.33. The molecule has 2 aliphatic rings. The van der Waals surface area contributed by atoms with Crippen LogP contribution in [0.4, 0.5) is 0 Å². The highest BCUT2D eigenvalue weighted by atomic mass is 16.2. The molecule has 3 nitrogen and oxygen atoms in total. The summed E-state index contributed by atoms with van der Waals surface area (Å²) in [4.78, 5) is 16.6. The summed E-state index contributed by atoms with van der Waals surface area (Å²) in [6, 6.07) is 0. The zero-order valence-corrected chi connectivity index (χ0v) is 9.91. The highest BCUT2D eigenvalue weighted by Crippen LogP contribution is 2.32. The Labute approximate surface area is 92.4 Å². The smallest absolute Gasteiger partial charge is 0.226 e. The first-order valence-corrected chi connectivity index (χ1v) is 6.16. The topological polar surface area (TPSA) is 23.6 Å². The number of amides is 1. The van der Waals surface area contributed by atoms with Gasteiger partial charge in [0.25, 0.3) is 0 Å². The van der Waals surface area contributed by atoms with E-state index in [1.807, 2.05) is 0 Å². The van der Waals surface area contributed by atoms with Gasteiger partial charge < -0.3 is 9.80 Å². The maximum absolute atomic E-state index is 12.2. The van der Waals surface area contributed by atoms with Crippen LogP contribution in [0.3, 0.4) is 0 Å². The van der Waals surface area contributed by atoms with Gasteiger partial charge in [0.05, 0.1) is 0 Å². The van der Waals surface area contributed by atoms with Gasteiger partial charge in [-0.1, -0.05) is 13.3 Å². The lowest BCUT2D eigenvalue weighted by molar-refractivity contribution is -0.138. The van der Waals surface area contributed by atoms with E-state index in [0.29, 0.717) is 17.7 Å². The fraction of sp³-hybridized carbons (Fsp3) is 0.917. The molecular formula is C12H22N2O. The summed E-state index contributed by atoms with van der Waals surface area (Å²) < 4.78 is 0. The maximum Gasteiger partial charge on any atom is 0.226 e. The molecule has 1 saturated carbocycles. The quantitative estimate of drug-likeness (QED) is 0.649. The van der Waals surface area contributed by atoms with Crippen molar-refractivity contribution >= 4 is 5.91 Å². The van der Waals surface area contributed by atoms with Crippen LogP contribution < -0.4 is 0 Å². The average Bonchev–Trinajstić information content (AvgIpc) is 2.65. The Kier molecular flexibility index (Phi) is 3.29. The van der Waals surface area contributed by atoms with Gasteiger partial charge >= 0.3 is 0 Å². The van der Waals surface area contributed by atoms with Gasteiger partial charge in [0.15, 0.2) is 0 Å². The molecule has 2 fully saturated rings. The van der Waals surface area contributed by atoms with Crippen molar-refractivity contribution in [1.29, 1.82) is 0 Å². The van der Waals surface area contributed by atoms with E-state index >= 15 is 0 Å². The molecule has 1 aliphatic carbocycles. The fourth-order valence-electron chi connectivity index (χ4n) is 2.77. The second kappa shape index (κ2) is 4.52. The number of rotatable bonds is 1. The minimum absolute atomic E-state index is 0.327. The normalized spacial score (nSPS) is 33.3. The Morgan fingerprint density at radius 3 is 2.33 bits per heavy atom. The summed E-state index contributed by atoms with van der Waals surface area (Å²) in [5.74, 6) is 1.36. The number of hydrogen-bond donors (Lipinski definition) is 0. The van der Waals surface area contributed by atoms with Crippen LogP contribution >= 0.6 is 0 Å². The first kappa shape index (κ1) is 10.9. The summed E-state index contributed by atoms with van der Waals surface area (Å²) in [6.07, 6.45) is 3.60. The molecule has 3 heteroatoms. The molecular weight excluding hydrogens is 188 g/mol. The Bertz CT molecular complexity index is 234. The van der Waals surface area contributed by atoms with E-state index in [1.165, 1.54) is 12.8 Å². The summed E-state index contributed by atoms with van der Waals surface area (Å²) >= 11 is 0. The van der Waals surface area contributed by atoms with Gasteiger partial charge in [-0.25, -0.2) is 0 Å². The minimum Gasteiger partial charge on any atom is -0.340 e. The molecule has 2 atom stereocenters. The largest absolute Gasteiger partial charge is 0.340 e. The van der Waals surface area contributed by atoms with Gasteiger partial charge in [0, 0.05) is 32.1 Å². The molecule has 0 radical (unpaired) electrons. The molecule has 0 aromatic heterocycles. The highest BCUT2D eigenvalue weighted by Gasteiger charge is 2.33. The third-order valence-corrected chi connectivity index (χ3v) is 3.99. The molecule has 0 aromatic rings. The van der Waals surface area contributed by atoms with E-state index in [4.69, 9.17) is 0 Å². The summed E-state index contributed by atoms with van der Waals surface area (Å²) in [5.41, 5.74) is 0. The van der Waals surface area contributed by atoms with Crippen LogP contribution in [0.5, 0.6) is 0 Å². The molecule has 1 saturated heterocycles. The Balaban J connectivity index is 1.90. The van der Waals surface area contributed by atoms with Gasteiger partial charge in [0.2, 0.25) is 5.91 Å². The lowest BCUT2D eigenvalue weighted by Crippen LogP contribution is -2.49. The molecule has 0 bridgehead atoms. The molecule has 2 unspecified atom stereocenters. The van der Waals surface area contributed by atoms with Crippen LogP contribution in [-0.4, -0.2) is 48.9 Å². The molecule has 0 aromatic carbocycles. The van der Waals surface area contributed by atoms with Crippen molar-refractivity contribution in [1.82, 2.24) is 9.80 Å². The van der Waals surface area contributed by atoms with E-state index in [0.717, 1.165) is 32.6 Å². The van der Waals surface area contributed by atoms with Crippen LogP contribution in [0.25, 0.3) is 0 Å². The Hall–Kier alpha value is -0.570. The van der Waals surface area contributed by atoms with Gasteiger partial charge in [-0.05, 0) is 25.8 Å². The summed E-state index contributed by atoms with van der Waals surface area (Å²) in [6.45, 7) is 6.16. The van der Waals surface area contributed by atoms with E-state index in [1.54, 1.807) is 0 Å². The molecule has 0 N–H and O–H groups in total. The lowest BCUT2D eigenvalue weighted by atomic mass is 9.96. The van der Waals surface area contributed by atoms with Gasteiger partial charge in [0.1, 0.15) is 0 Å². The van der Waals surface area contributed by atoms with E-state index in [9.17, 15) is 4.79 Å². The molecule has 1 aliphatic heterocycles. The van der Waals surface area contributed by atoms with Crippen molar-refractivity contribution < 1.29 is 4.79 Å². The maximum atomic E-state index is 12.2. The van der Waals surface area contributed by atoms with E-state index in [-0.39, 0.29) is 0 Å². The standard InChI is InChI=1S/C12H22N2O/c1-10-4-3-5-11(10)12(15)14-8-6-13(2)7-9-14/h10-11H,3-9H2,1-2H3. The monoisotopic (exact) mass is 210 g/mol. The van der Waals surface area contributed by atoms with Crippen LogP contribution in [0.2, 0.25) is 0 Å². The molecule has 1 heterocycles. The fourth-order valence-corrected chi connectivity index (χ4v) is 2.77. The zero-order valence-electron chi connectivity index (χ0n) is 9.91. The number of nitrogens with zero attached hydrogens (tertiary/aromatic N) is 2. The summed E-state index contributed by atoms with van der Waals surface area (Å²) in [5, 5.41) is 0. The van der Waals surface area contributed by atoms with Crippen molar-refractivity contribution in [3.8, 4) is 0 Å². The average molecular weight is 210 g/mol. The van der Waals surface area contributed by atoms with Gasteiger partial charge in [-0.3, -0.25) is 4.79 Å². The highest BCUT2D eigenvalue weighted by molar-refractivity contribution is 5.79. The Morgan fingerprint density at radius 2 is 1.80 bits per heavy atom. The summed E-state index contributed by atoms with van der Waals surface area (Å²) in [7, 11) is 2.13. The third-order valence-electron chi connectivity index (χ3n) is 3.99. The lowest BCUT2D eigenvalue weighted by Gasteiger charge is -2.34. The van der Waals surface area contributed by atoms with E-state index < -0.39 is 0 Å². The van der Waals surface area contributed by atoms with Crippen LogP contribution in [0.1, 0.15) is 26.2 Å². The first-order valence-electron chi connectivity index (χ1n) is 6.16. The van der Waals surface area contributed by atoms with Gasteiger partial charge in [-0.2, -0.15) is 0 Å². The molecule has 2 rings (SSSR count). The Morgan fingerprint density at radius 1 is 1.13 bits per heavy atom. The second-order valence-corrected chi connectivity index (χ2v) is 5.14. The van der Waals surface area contributed by atoms with E-state index in [2.05, 4.69) is 23.8 Å². The van der Waals surface area contributed by atoms with Crippen molar-refractivity contribution in [2.45, 2.75) is 26.2 Å². The number of carbonyl (C=O) groups is 1. The van der Waals surface area contributed by atoms with Crippen molar-refractivity contribution in [3.05, 3.63) is 0 Å². The number of hydrogen-bond acceptors (Lipinski definition) is 2. The van der Waals surface area contributed by atoms with Crippen LogP contribution in [0, 0.1) is 11.8 Å². The van der Waals surface area contributed by atoms with Crippen molar-refractivity contribution in [2.75, 3.05) is 33.2 Å². The minimum atomic E-state index is 0.327. The number of piperazine rings is 1. The van der Waals surface area contributed by atoms with Gasteiger partial charge in [-0.15, -0.1) is 0 Å². The van der Waals surface area contributed by atoms with Crippen molar-refractivity contribution in [3.63, 3.8) is 0 Å². The number of carbonyl (C=O) groups excluding carboxylic acids is 1. The second-order valence-electron chi connectivity index (χ2n) is 5.14. The predicted octanol–water partition coefficient (Wildman–Crippen LogP) is 1.20. The molecule has 15 heavy (non-hydrogen) atoms. The number of likely N-dealkylation sites (N-methyl/N-ethyl adjacent to an activating group) is 1. The SMILES string of the molecule is CC1CCCC1C(=O)N1CCN(C)CC1. The van der Waals surface area contributed by atoms with Crippen molar-refractivity contribution in [2.24, 2.45) is 11.8 Å². The molecule has 1 amide bonds. The molecule has 0 spiro atoms.